The fourth-order valence-electron chi connectivity index (χ4n) is 3.32. The number of fused-ring (bicyclic) bond motifs is 2. The van der Waals surface area contributed by atoms with E-state index >= 15 is 0 Å². The van der Waals surface area contributed by atoms with Crippen molar-refractivity contribution in [3.8, 4) is 17.0 Å². The average molecular weight is 485 g/mol. The van der Waals surface area contributed by atoms with Crippen molar-refractivity contribution in [3.05, 3.63) is 59.0 Å². The monoisotopic (exact) mass is 484 g/mol. The molecule has 1 unspecified atom stereocenters. The van der Waals surface area contributed by atoms with E-state index in [1.807, 2.05) is 0 Å². The van der Waals surface area contributed by atoms with Crippen LogP contribution in [-0.2, 0) is 4.79 Å². The standard InChI is InChI=1S/C20H14Cl2N8O3/c1-29-18-14(5-11(21)6-24-18)33-8-13(20(29)32)26-19(31)17-23-7-12(22)16(27-17)10-2-3-30-9-25-28-15(30)4-10/h2-7,9,13H,8H2,1H3,(H,26,31). The van der Waals surface area contributed by atoms with Gasteiger partial charge in [0.25, 0.3) is 11.8 Å². The summed E-state index contributed by atoms with van der Waals surface area (Å²) in [7, 11) is 1.54. The first kappa shape index (κ1) is 21.0. The molecule has 0 saturated carbocycles. The molecule has 1 aliphatic heterocycles. The first-order chi connectivity index (χ1) is 15.9. The highest BCUT2D eigenvalue weighted by Gasteiger charge is 2.32. The van der Waals surface area contributed by atoms with E-state index in [-0.39, 0.29) is 17.5 Å². The smallest absolute Gasteiger partial charge is 0.289 e. The van der Waals surface area contributed by atoms with Gasteiger partial charge in [0.1, 0.15) is 19.0 Å². The van der Waals surface area contributed by atoms with Crippen LogP contribution in [0.3, 0.4) is 0 Å². The average Bonchev–Trinajstić information content (AvgIpc) is 3.25. The van der Waals surface area contributed by atoms with Crippen LogP contribution in [0.5, 0.6) is 5.75 Å². The minimum absolute atomic E-state index is 0.117. The van der Waals surface area contributed by atoms with Crippen LogP contribution in [0.15, 0.2) is 43.1 Å². The minimum atomic E-state index is -0.995. The zero-order chi connectivity index (χ0) is 23.1. The van der Waals surface area contributed by atoms with E-state index in [4.69, 9.17) is 27.9 Å². The fraction of sp³-hybridized carbons (Fsp3) is 0.150. The number of carbonyl (C=O) groups excluding carboxylic acids is 2. The van der Waals surface area contributed by atoms with Gasteiger partial charge in [-0.05, 0) is 12.1 Å². The van der Waals surface area contributed by atoms with E-state index in [2.05, 4.69) is 30.5 Å². The maximum Gasteiger partial charge on any atom is 0.289 e. The Labute approximate surface area is 196 Å². The summed E-state index contributed by atoms with van der Waals surface area (Å²) in [6, 6.07) is 4.05. The lowest BCUT2D eigenvalue weighted by Crippen LogP contribution is -2.49. The summed E-state index contributed by atoms with van der Waals surface area (Å²) in [5.74, 6) is -0.597. The van der Waals surface area contributed by atoms with Gasteiger partial charge in [-0.15, -0.1) is 10.2 Å². The van der Waals surface area contributed by atoms with Crippen molar-refractivity contribution >= 4 is 46.5 Å². The molecule has 5 heterocycles. The minimum Gasteiger partial charge on any atom is -0.487 e. The molecule has 1 aliphatic rings. The summed E-state index contributed by atoms with van der Waals surface area (Å²) in [6.45, 7) is -0.117. The van der Waals surface area contributed by atoms with Gasteiger partial charge in [0.15, 0.2) is 17.2 Å². The summed E-state index contributed by atoms with van der Waals surface area (Å²) in [5, 5.41) is 11.1. The van der Waals surface area contributed by atoms with Crippen LogP contribution in [-0.4, -0.2) is 61.1 Å². The summed E-state index contributed by atoms with van der Waals surface area (Å²) < 4.78 is 7.39. The second-order valence-corrected chi connectivity index (χ2v) is 7.96. The predicted octanol–water partition coefficient (Wildman–Crippen LogP) is 2.04. The van der Waals surface area contributed by atoms with E-state index in [0.717, 1.165) is 0 Å². The number of carbonyl (C=O) groups is 2. The summed E-state index contributed by atoms with van der Waals surface area (Å²) >= 11 is 12.2. The Balaban J connectivity index is 1.40. The van der Waals surface area contributed by atoms with E-state index in [1.54, 1.807) is 35.1 Å². The van der Waals surface area contributed by atoms with Gasteiger partial charge >= 0.3 is 0 Å². The molecule has 2 amide bonds. The topological polar surface area (TPSA) is 128 Å². The first-order valence-corrected chi connectivity index (χ1v) is 10.4. The molecular formula is C20H14Cl2N8O3. The summed E-state index contributed by atoms with van der Waals surface area (Å²) in [4.78, 5) is 39.5. The van der Waals surface area contributed by atoms with Crippen molar-refractivity contribution in [2.75, 3.05) is 18.6 Å². The third-order valence-electron chi connectivity index (χ3n) is 4.98. The van der Waals surface area contributed by atoms with Gasteiger partial charge < -0.3 is 10.1 Å². The molecule has 4 aromatic rings. The Hall–Kier alpha value is -3.83. The van der Waals surface area contributed by atoms with Crippen molar-refractivity contribution in [2.45, 2.75) is 6.04 Å². The molecule has 1 atom stereocenters. The molecule has 166 valence electrons. The Morgan fingerprint density at radius 1 is 1.24 bits per heavy atom. The van der Waals surface area contributed by atoms with Crippen molar-refractivity contribution in [3.63, 3.8) is 0 Å². The van der Waals surface area contributed by atoms with Gasteiger partial charge in [-0.3, -0.25) is 18.9 Å². The number of amides is 2. The van der Waals surface area contributed by atoms with E-state index in [9.17, 15) is 9.59 Å². The molecule has 13 heteroatoms. The highest BCUT2D eigenvalue weighted by molar-refractivity contribution is 6.33. The summed E-state index contributed by atoms with van der Waals surface area (Å²) in [6.07, 6.45) is 6.04. The van der Waals surface area contributed by atoms with Crippen LogP contribution in [0.1, 0.15) is 10.6 Å². The van der Waals surface area contributed by atoms with Gasteiger partial charge in [0, 0.05) is 31.1 Å². The van der Waals surface area contributed by atoms with Crippen molar-refractivity contribution in [2.24, 2.45) is 0 Å². The van der Waals surface area contributed by atoms with Gasteiger partial charge in [-0.2, -0.15) is 0 Å². The molecule has 0 aliphatic carbocycles. The first-order valence-electron chi connectivity index (χ1n) is 9.60. The summed E-state index contributed by atoms with van der Waals surface area (Å²) in [5.41, 5.74) is 1.56. The van der Waals surface area contributed by atoms with Crippen molar-refractivity contribution in [1.82, 2.24) is 34.9 Å². The van der Waals surface area contributed by atoms with Crippen LogP contribution in [0, 0.1) is 0 Å². The third kappa shape index (κ3) is 3.92. The number of aromatic nitrogens is 6. The molecule has 0 spiro atoms. The molecule has 1 N–H and O–H groups in total. The zero-order valence-electron chi connectivity index (χ0n) is 16.9. The van der Waals surface area contributed by atoms with Crippen molar-refractivity contribution < 1.29 is 14.3 Å². The Kier molecular flexibility index (Phi) is 5.27. The van der Waals surface area contributed by atoms with Crippen LogP contribution >= 0.6 is 23.2 Å². The number of rotatable bonds is 3. The van der Waals surface area contributed by atoms with Crippen LogP contribution in [0.25, 0.3) is 16.9 Å². The van der Waals surface area contributed by atoms with Gasteiger partial charge in [-0.1, -0.05) is 23.2 Å². The third-order valence-corrected chi connectivity index (χ3v) is 5.46. The second kappa shape index (κ2) is 8.26. The van der Waals surface area contributed by atoms with Gasteiger partial charge in [0.05, 0.1) is 21.9 Å². The second-order valence-electron chi connectivity index (χ2n) is 7.11. The van der Waals surface area contributed by atoms with E-state index in [0.29, 0.717) is 33.5 Å². The molecule has 0 aromatic carbocycles. The highest BCUT2D eigenvalue weighted by atomic mass is 35.5. The molecule has 0 bridgehead atoms. The number of likely N-dealkylation sites (N-methyl/N-ethyl adjacent to an activating group) is 1. The van der Waals surface area contributed by atoms with Crippen LogP contribution in [0.2, 0.25) is 10.0 Å². The predicted molar refractivity (Wildman–Crippen MR) is 118 cm³/mol. The maximum absolute atomic E-state index is 12.9. The molecular weight excluding hydrogens is 471 g/mol. The largest absolute Gasteiger partial charge is 0.487 e. The molecule has 0 fully saturated rings. The number of anilines is 1. The lowest BCUT2D eigenvalue weighted by Gasteiger charge is -2.19. The number of halogens is 2. The number of nitrogens with one attached hydrogen (secondary N) is 1. The number of nitrogens with zero attached hydrogens (tertiary/aromatic N) is 7. The van der Waals surface area contributed by atoms with Crippen molar-refractivity contribution in [1.29, 1.82) is 0 Å². The Morgan fingerprint density at radius 3 is 2.94 bits per heavy atom. The van der Waals surface area contributed by atoms with Crippen LogP contribution < -0.4 is 15.0 Å². The maximum atomic E-state index is 12.9. The van der Waals surface area contributed by atoms with E-state index in [1.165, 1.54) is 24.3 Å². The number of hydrogen-bond acceptors (Lipinski definition) is 8. The SMILES string of the molecule is CN1C(=O)C(NC(=O)c2ncc(Cl)c(-c3ccn4cnnc4c3)n2)COc2cc(Cl)cnc21. The van der Waals surface area contributed by atoms with Gasteiger partial charge in [0.2, 0.25) is 5.82 Å². The van der Waals surface area contributed by atoms with Gasteiger partial charge in [-0.25, -0.2) is 15.0 Å². The molecule has 0 radical (unpaired) electrons. The zero-order valence-corrected chi connectivity index (χ0v) is 18.4. The van der Waals surface area contributed by atoms with Crippen LogP contribution in [0.4, 0.5) is 5.82 Å². The molecule has 11 nitrogen and oxygen atoms in total. The Bertz CT molecular complexity index is 1410. The molecule has 5 rings (SSSR count). The molecule has 4 aromatic heterocycles. The van der Waals surface area contributed by atoms with E-state index < -0.39 is 17.9 Å². The lowest BCUT2D eigenvalue weighted by atomic mass is 10.2. The number of pyridine rings is 2. The fourth-order valence-corrected chi connectivity index (χ4v) is 3.67. The Morgan fingerprint density at radius 2 is 2.09 bits per heavy atom. The number of ether oxygens (including phenoxy) is 1. The highest BCUT2D eigenvalue weighted by Crippen LogP contribution is 2.30. The quantitative estimate of drug-likeness (QED) is 0.467. The normalized spacial score (nSPS) is 15.7. The lowest BCUT2D eigenvalue weighted by molar-refractivity contribution is -0.120. The molecule has 0 saturated heterocycles. The molecule has 33 heavy (non-hydrogen) atoms. The number of hydrogen-bond donors (Lipinski definition) is 1.